The van der Waals surface area contributed by atoms with Crippen molar-refractivity contribution in [1.82, 2.24) is 0 Å². The second kappa shape index (κ2) is 7.01. The van der Waals surface area contributed by atoms with Gasteiger partial charge in [0.05, 0.1) is 18.3 Å². The topological polar surface area (TPSA) is 64.3 Å². The Hall–Kier alpha value is -1.55. The number of hydrogen-bond donors (Lipinski definition) is 2. The maximum atomic E-state index is 11.8. The predicted octanol–water partition coefficient (Wildman–Crippen LogP) is 2.46. The third-order valence-electron chi connectivity index (χ3n) is 2.63. The maximum absolute atomic E-state index is 11.8. The summed E-state index contributed by atoms with van der Waals surface area (Å²) >= 11 is 0. The van der Waals surface area contributed by atoms with E-state index >= 15 is 0 Å². The smallest absolute Gasteiger partial charge is 0.241 e. The predicted molar refractivity (Wildman–Crippen MR) is 73.9 cm³/mol. The van der Waals surface area contributed by atoms with Crippen LogP contribution in [0.1, 0.15) is 32.3 Å². The van der Waals surface area contributed by atoms with Crippen LogP contribution in [0.5, 0.6) is 5.75 Å². The summed E-state index contributed by atoms with van der Waals surface area (Å²) in [4.78, 5) is 11.8. The van der Waals surface area contributed by atoms with E-state index in [9.17, 15) is 4.79 Å². The number of nitrogens with one attached hydrogen (secondary N) is 1. The molecule has 1 rings (SSSR count). The lowest BCUT2D eigenvalue weighted by Crippen LogP contribution is -2.34. The summed E-state index contributed by atoms with van der Waals surface area (Å²) in [7, 11) is 0. The lowest BCUT2D eigenvalue weighted by atomic mass is 10.2. The van der Waals surface area contributed by atoms with Crippen molar-refractivity contribution >= 4 is 11.6 Å². The van der Waals surface area contributed by atoms with Crippen LogP contribution in [0.25, 0.3) is 0 Å². The maximum Gasteiger partial charge on any atom is 0.241 e. The van der Waals surface area contributed by atoms with Crippen LogP contribution >= 0.6 is 0 Å². The van der Waals surface area contributed by atoms with E-state index in [4.69, 9.17) is 10.5 Å². The van der Waals surface area contributed by atoms with Crippen LogP contribution in [0, 0.1) is 6.92 Å². The van der Waals surface area contributed by atoms with Gasteiger partial charge in [-0.3, -0.25) is 4.79 Å². The van der Waals surface area contributed by atoms with E-state index in [1.807, 2.05) is 39.0 Å². The highest BCUT2D eigenvalue weighted by Crippen LogP contribution is 2.26. The number of carbonyl (C=O) groups excluding carboxylic acids is 1. The van der Waals surface area contributed by atoms with Gasteiger partial charge in [-0.05, 0) is 37.5 Å². The van der Waals surface area contributed by atoms with Crippen LogP contribution < -0.4 is 15.8 Å². The van der Waals surface area contributed by atoms with Crippen molar-refractivity contribution in [3.05, 3.63) is 23.8 Å². The number of ether oxygens (including phenoxy) is 1. The number of benzene rings is 1. The first-order valence-corrected chi connectivity index (χ1v) is 6.38. The first kappa shape index (κ1) is 14.5. The molecule has 1 unspecified atom stereocenters. The molecule has 0 heterocycles. The molecule has 0 aliphatic rings. The number of aryl methyl sites for hydroxylation is 1. The molecule has 0 spiro atoms. The van der Waals surface area contributed by atoms with E-state index in [-0.39, 0.29) is 5.91 Å². The highest BCUT2D eigenvalue weighted by Gasteiger charge is 2.13. The van der Waals surface area contributed by atoms with Gasteiger partial charge >= 0.3 is 0 Å². The zero-order chi connectivity index (χ0) is 13.5. The van der Waals surface area contributed by atoms with Gasteiger partial charge in [-0.2, -0.15) is 0 Å². The third-order valence-corrected chi connectivity index (χ3v) is 2.63. The van der Waals surface area contributed by atoms with Crippen LogP contribution in [-0.2, 0) is 4.79 Å². The van der Waals surface area contributed by atoms with Crippen molar-refractivity contribution in [2.75, 3.05) is 11.9 Å². The number of carbonyl (C=O) groups is 1. The molecule has 1 amide bonds. The molecule has 1 aromatic carbocycles. The lowest BCUT2D eigenvalue weighted by Gasteiger charge is -2.15. The van der Waals surface area contributed by atoms with E-state index < -0.39 is 6.04 Å². The molecule has 0 fully saturated rings. The molecule has 4 nitrogen and oxygen atoms in total. The Morgan fingerprint density at radius 1 is 1.44 bits per heavy atom. The number of nitrogens with two attached hydrogens (primary N) is 1. The van der Waals surface area contributed by atoms with Crippen LogP contribution in [0.4, 0.5) is 5.69 Å². The molecular formula is C14H22N2O2. The van der Waals surface area contributed by atoms with Gasteiger partial charge in [0.25, 0.3) is 0 Å². The summed E-state index contributed by atoms with van der Waals surface area (Å²) in [5.74, 6) is 0.524. The molecule has 1 aromatic rings. The monoisotopic (exact) mass is 250 g/mol. The molecule has 1 atom stereocenters. The van der Waals surface area contributed by atoms with E-state index in [0.717, 1.165) is 12.0 Å². The first-order chi connectivity index (χ1) is 8.58. The minimum Gasteiger partial charge on any atom is -0.491 e. The molecule has 0 bridgehead atoms. The number of amides is 1. The summed E-state index contributed by atoms with van der Waals surface area (Å²) in [6, 6.07) is 5.22. The van der Waals surface area contributed by atoms with Crippen molar-refractivity contribution < 1.29 is 9.53 Å². The van der Waals surface area contributed by atoms with Crippen LogP contribution in [-0.4, -0.2) is 18.6 Å². The van der Waals surface area contributed by atoms with E-state index in [2.05, 4.69) is 5.32 Å². The molecule has 18 heavy (non-hydrogen) atoms. The van der Waals surface area contributed by atoms with Gasteiger partial charge in [0.1, 0.15) is 5.75 Å². The number of rotatable bonds is 6. The quantitative estimate of drug-likeness (QED) is 0.815. The van der Waals surface area contributed by atoms with Gasteiger partial charge in [0, 0.05) is 0 Å². The van der Waals surface area contributed by atoms with Gasteiger partial charge < -0.3 is 15.8 Å². The van der Waals surface area contributed by atoms with Gasteiger partial charge in [0.2, 0.25) is 5.91 Å². The second-order valence-corrected chi connectivity index (χ2v) is 4.35. The Morgan fingerprint density at radius 3 is 2.78 bits per heavy atom. The first-order valence-electron chi connectivity index (χ1n) is 6.38. The summed E-state index contributed by atoms with van der Waals surface area (Å²) in [6.45, 7) is 6.54. The van der Waals surface area contributed by atoms with Crippen molar-refractivity contribution in [3.8, 4) is 5.75 Å². The van der Waals surface area contributed by atoms with Crippen LogP contribution in [0.15, 0.2) is 18.2 Å². The molecule has 0 aliphatic carbocycles. The standard InChI is InChI=1S/C14H22N2O2/c1-4-8-18-13-9-10(3)6-7-12(13)16-14(17)11(15)5-2/h6-7,9,11H,4-5,8,15H2,1-3H3,(H,16,17). The van der Waals surface area contributed by atoms with Gasteiger partial charge in [0.15, 0.2) is 0 Å². The highest BCUT2D eigenvalue weighted by atomic mass is 16.5. The summed E-state index contributed by atoms with van der Waals surface area (Å²) in [5.41, 5.74) is 7.47. The third kappa shape index (κ3) is 4.04. The summed E-state index contributed by atoms with van der Waals surface area (Å²) in [5, 5.41) is 2.81. The minimum absolute atomic E-state index is 0.178. The molecule has 0 saturated carbocycles. The summed E-state index contributed by atoms with van der Waals surface area (Å²) < 4.78 is 5.63. The van der Waals surface area contributed by atoms with Crippen molar-refractivity contribution in [2.45, 2.75) is 39.7 Å². The number of hydrogen-bond acceptors (Lipinski definition) is 3. The lowest BCUT2D eigenvalue weighted by molar-refractivity contribution is -0.117. The van der Waals surface area contributed by atoms with Crippen LogP contribution in [0.2, 0.25) is 0 Å². The van der Waals surface area contributed by atoms with E-state index in [1.165, 1.54) is 0 Å². The van der Waals surface area contributed by atoms with Gasteiger partial charge in [-0.1, -0.05) is 19.9 Å². The van der Waals surface area contributed by atoms with E-state index in [1.54, 1.807) is 0 Å². The largest absolute Gasteiger partial charge is 0.491 e. The fraction of sp³-hybridized carbons (Fsp3) is 0.500. The fourth-order valence-corrected chi connectivity index (χ4v) is 1.48. The normalized spacial score (nSPS) is 12.0. The van der Waals surface area contributed by atoms with Crippen LogP contribution in [0.3, 0.4) is 0 Å². The van der Waals surface area contributed by atoms with Crippen molar-refractivity contribution in [1.29, 1.82) is 0 Å². The summed E-state index contributed by atoms with van der Waals surface area (Å²) in [6.07, 6.45) is 1.54. The van der Waals surface area contributed by atoms with E-state index in [0.29, 0.717) is 24.5 Å². The Balaban J connectivity index is 2.83. The Morgan fingerprint density at radius 2 is 2.17 bits per heavy atom. The SMILES string of the molecule is CCCOc1cc(C)ccc1NC(=O)C(N)CC. The molecule has 3 N–H and O–H groups in total. The molecule has 0 radical (unpaired) electrons. The van der Waals surface area contributed by atoms with Crippen molar-refractivity contribution in [3.63, 3.8) is 0 Å². The Labute approximate surface area is 109 Å². The minimum atomic E-state index is -0.481. The zero-order valence-electron chi connectivity index (χ0n) is 11.3. The second-order valence-electron chi connectivity index (χ2n) is 4.35. The molecule has 100 valence electrons. The Kier molecular flexibility index (Phi) is 5.65. The average Bonchev–Trinajstić information content (AvgIpc) is 2.37. The Bertz CT molecular complexity index is 405. The van der Waals surface area contributed by atoms with Gasteiger partial charge in [-0.15, -0.1) is 0 Å². The number of anilines is 1. The molecule has 0 aromatic heterocycles. The molecule has 0 saturated heterocycles. The average molecular weight is 250 g/mol. The van der Waals surface area contributed by atoms with Crippen molar-refractivity contribution in [2.24, 2.45) is 5.73 Å². The highest BCUT2D eigenvalue weighted by molar-refractivity contribution is 5.95. The zero-order valence-corrected chi connectivity index (χ0v) is 11.3. The molecular weight excluding hydrogens is 228 g/mol. The van der Waals surface area contributed by atoms with Gasteiger partial charge in [-0.25, -0.2) is 0 Å². The fourth-order valence-electron chi connectivity index (χ4n) is 1.48. The molecule has 4 heteroatoms. The molecule has 0 aliphatic heterocycles.